The van der Waals surface area contributed by atoms with E-state index in [1.807, 2.05) is 0 Å². The minimum absolute atomic E-state index is 0.561. The standard InChI is InChI=1S/C8H6ClF4N/c9-4-1-2-5(10)6(7(4)11)8(12,13)3-14/h1-2H,3,14H2. The highest BCUT2D eigenvalue weighted by Gasteiger charge is 2.37. The zero-order valence-electron chi connectivity index (χ0n) is 6.83. The summed E-state index contributed by atoms with van der Waals surface area (Å²) in [5.41, 5.74) is 3.32. The van der Waals surface area contributed by atoms with Gasteiger partial charge in [-0.15, -0.1) is 0 Å². The number of halogens is 5. The van der Waals surface area contributed by atoms with E-state index in [2.05, 4.69) is 0 Å². The Morgan fingerprint density at radius 1 is 1.29 bits per heavy atom. The van der Waals surface area contributed by atoms with Crippen molar-refractivity contribution in [3.05, 3.63) is 34.4 Å². The quantitative estimate of drug-likeness (QED) is 0.610. The molecule has 1 nitrogen and oxygen atoms in total. The lowest BCUT2D eigenvalue weighted by Crippen LogP contribution is -2.27. The molecule has 0 heterocycles. The van der Waals surface area contributed by atoms with Crippen molar-refractivity contribution in [2.24, 2.45) is 5.73 Å². The highest BCUT2D eigenvalue weighted by Crippen LogP contribution is 2.33. The predicted octanol–water partition coefficient (Wildman–Crippen LogP) is 2.67. The first-order valence-corrected chi connectivity index (χ1v) is 4.00. The van der Waals surface area contributed by atoms with Crippen molar-refractivity contribution in [2.45, 2.75) is 5.92 Å². The third kappa shape index (κ3) is 1.83. The van der Waals surface area contributed by atoms with Crippen molar-refractivity contribution >= 4 is 11.6 Å². The number of hydrogen-bond acceptors (Lipinski definition) is 1. The minimum atomic E-state index is -3.75. The van der Waals surface area contributed by atoms with Crippen molar-refractivity contribution in [3.63, 3.8) is 0 Å². The summed E-state index contributed by atoms with van der Waals surface area (Å²) in [6.07, 6.45) is 0. The van der Waals surface area contributed by atoms with Crippen LogP contribution in [0.3, 0.4) is 0 Å². The van der Waals surface area contributed by atoms with Gasteiger partial charge in [0.2, 0.25) is 0 Å². The molecule has 2 N–H and O–H groups in total. The number of hydrogen-bond donors (Lipinski definition) is 1. The van der Waals surface area contributed by atoms with Gasteiger partial charge in [0, 0.05) is 0 Å². The maximum Gasteiger partial charge on any atom is 0.290 e. The van der Waals surface area contributed by atoms with Crippen molar-refractivity contribution in [1.82, 2.24) is 0 Å². The molecule has 1 aromatic rings. The Balaban J connectivity index is 3.40. The molecule has 14 heavy (non-hydrogen) atoms. The predicted molar refractivity (Wildman–Crippen MR) is 44.3 cm³/mol. The molecule has 1 aromatic carbocycles. The molecule has 0 spiro atoms. The van der Waals surface area contributed by atoms with Crippen LogP contribution in [0.5, 0.6) is 0 Å². The topological polar surface area (TPSA) is 26.0 Å². The lowest BCUT2D eigenvalue weighted by atomic mass is 10.1. The molecule has 0 aromatic heterocycles. The van der Waals surface area contributed by atoms with Gasteiger partial charge in [0.05, 0.1) is 17.1 Å². The average molecular weight is 228 g/mol. The first-order chi connectivity index (χ1) is 6.40. The monoisotopic (exact) mass is 227 g/mol. The van der Waals surface area contributed by atoms with Gasteiger partial charge in [-0.3, -0.25) is 0 Å². The highest BCUT2D eigenvalue weighted by atomic mass is 35.5. The molecule has 0 amide bonds. The summed E-state index contributed by atoms with van der Waals surface area (Å²) in [5.74, 6) is -6.58. The van der Waals surface area contributed by atoms with E-state index in [9.17, 15) is 17.6 Å². The van der Waals surface area contributed by atoms with Gasteiger partial charge in [0.25, 0.3) is 5.92 Å². The van der Waals surface area contributed by atoms with Crippen LogP contribution in [0.15, 0.2) is 12.1 Å². The zero-order chi connectivity index (χ0) is 10.9. The Morgan fingerprint density at radius 3 is 2.36 bits per heavy atom. The van der Waals surface area contributed by atoms with E-state index >= 15 is 0 Å². The average Bonchev–Trinajstić information content (AvgIpc) is 2.12. The Hall–Kier alpha value is -0.810. The van der Waals surface area contributed by atoms with Gasteiger partial charge < -0.3 is 5.73 Å². The van der Waals surface area contributed by atoms with Crippen LogP contribution in [0.2, 0.25) is 5.02 Å². The second-order valence-corrected chi connectivity index (χ2v) is 3.03. The van der Waals surface area contributed by atoms with E-state index in [-0.39, 0.29) is 0 Å². The third-order valence-electron chi connectivity index (χ3n) is 1.67. The fourth-order valence-electron chi connectivity index (χ4n) is 0.964. The van der Waals surface area contributed by atoms with Crippen molar-refractivity contribution in [3.8, 4) is 0 Å². The van der Waals surface area contributed by atoms with Crippen LogP contribution in [0.4, 0.5) is 17.6 Å². The molecule has 0 saturated carbocycles. The molecule has 0 fully saturated rings. The summed E-state index contributed by atoms with van der Waals surface area (Å²) in [6.45, 7) is -1.18. The molecule has 0 saturated heterocycles. The van der Waals surface area contributed by atoms with Gasteiger partial charge in [-0.05, 0) is 12.1 Å². The second-order valence-electron chi connectivity index (χ2n) is 2.63. The fraction of sp³-hybridized carbons (Fsp3) is 0.250. The molecule has 0 aliphatic heterocycles. The summed E-state index contributed by atoms with van der Waals surface area (Å²) in [7, 11) is 0. The Kier molecular flexibility index (Phi) is 3.01. The SMILES string of the molecule is NCC(F)(F)c1c(F)ccc(Cl)c1F. The molecule has 1 rings (SSSR count). The molecule has 0 unspecified atom stereocenters. The Bertz CT molecular complexity index is 353. The van der Waals surface area contributed by atoms with Crippen molar-refractivity contribution in [2.75, 3.05) is 6.54 Å². The second kappa shape index (κ2) is 3.74. The number of alkyl halides is 2. The summed E-state index contributed by atoms with van der Waals surface area (Å²) in [6, 6.07) is 1.53. The fourth-order valence-corrected chi connectivity index (χ4v) is 1.12. The van der Waals surface area contributed by atoms with Gasteiger partial charge in [0.1, 0.15) is 5.82 Å². The number of nitrogens with two attached hydrogens (primary N) is 1. The van der Waals surface area contributed by atoms with E-state index in [0.29, 0.717) is 6.07 Å². The Morgan fingerprint density at radius 2 is 1.86 bits per heavy atom. The molecule has 0 aliphatic rings. The largest absolute Gasteiger partial charge is 0.325 e. The van der Waals surface area contributed by atoms with Crippen LogP contribution >= 0.6 is 11.6 Å². The molecular weight excluding hydrogens is 222 g/mol. The normalized spacial score (nSPS) is 11.9. The van der Waals surface area contributed by atoms with E-state index in [4.69, 9.17) is 17.3 Å². The lowest BCUT2D eigenvalue weighted by Gasteiger charge is -2.16. The maximum atomic E-state index is 13.0. The van der Waals surface area contributed by atoms with Gasteiger partial charge in [-0.25, -0.2) is 8.78 Å². The lowest BCUT2D eigenvalue weighted by molar-refractivity contribution is -0.00134. The van der Waals surface area contributed by atoms with E-state index in [1.54, 1.807) is 0 Å². The first kappa shape index (κ1) is 11.3. The molecular formula is C8H6ClF4N. The summed E-state index contributed by atoms with van der Waals surface area (Å²) in [4.78, 5) is 0. The molecule has 78 valence electrons. The number of benzene rings is 1. The van der Waals surface area contributed by atoms with Crippen LogP contribution in [0.25, 0.3) is 0 Å². The minimum Gasteiger partial charge on any atom is -0.325 e. The number of rotatable bonds is 2. The van der Waals surface area contributed by atoms with E-state index in [0.717, 1.165) is 6.07 Å². The zero-order valence-corrected chi connectivity index (χ0v) is 7.58. The third-order valence-corrected chi connectivity index (χ3v) is 1.96. The summed E-state index contributed by atoms with van der Waals surface area (Å²) >= 11 is 5.23. The van der Waals surface area contributed by atoms with Crippen LogP contribution < -0.4 is 5.73 Å². The van der Waals surface area contributed by atoms with Crippen LogP contribution in [0.1, 0.15) is 5.56 Å². The smallest absolute Gasteiger partial charge is 0.290 e. The van der Waals surface area contributed by atoms with Crippen LogP contribution in [0, 0.1) is 11.6 Å². The molecule has 0 radical (unpaired) electrons. The van der Waals surface area contributed by atoms with Gasteiger partial charge in [-0.1, -0.05) is 11.6 Å². The van der Waals surface area contributed by atoms with Crippen molar-refractivity contribution < 1.29 is 17.6 Å². The first-order valence-electron chi connectivity index (χ1n) is 3.62. The summed E-state index contributed by atoms with van der Waals surface area (Å²) < 4.78 is 51.8. The van der Waals surface area contributed by atoms with Crippen LogP contribution in [-0.4, -0.2) is 6.54 Å². The van der Waals surface area contributed by atoms with Crippen LogP contribution in [-0.2, 0) is 5.92 Å². The maximum absolute atomic E-state index is 13.0. The van der Waals surface area contributed by atoms with Gasteiger partial charge in [0.15, 0.2) is 5.82 Å². The van der Waals surface area contributed by atoms with E-state index < -0.39 is 34.7 Å². The van der Waals surface area contributed by atoms with E-state index in [1.165, 1.54) is 0 Å². The highest BCUT2D eigenvalue weighted by molar-refractivity contribution is 6.30. The van der Waals surface area contributed by atoms with Gasteiger partial charge >= 0.3 is 0 Å². The molecule has 6 heteroatoms. The summed E-state index contributed by atoms with van der Waals surface area (Å²) in [5, 5.41) is -0.561. The Labute approximate surface area is 82.5 Å². The van der Waals surface area contributed by atoms with Crippen molar-refractivity contribution in [1.29, 1.82) is 0 Å². The molecule has 0 bridgehead atoms. The molecule has 0 aliphatic carbocycles. The molecule has 0 atom stereocenters. The van der Waals surface area contributed by atoms with Gasteiger partial charge in [-0.2, -0.15) is 8.78 Å².